The first-order valence-electron chi connectivity index (χ1n) is 11.0. The topological polar surface area (TPSA) is 91.3 Å². The zero-order chi connectivity index (χ0) is 23.9. The highest BCUT2D eigenvalue weighted by Gasteiger charge is 2.14. The predicted molar refractivity (Wildman–Crippen MR) is 136 cm³/mol. The normalized spacial score (nSPS) is 10.5. The van der Waals surface area contributed by atoms with Crippen molar-refractivity contribution >= 4 is 34.4 Å². The van der Waals surface area contributed by atoms with Gasteiger partial charge in [0, 0.05) is 12.6 Å². The van der Waals surface area contributed by atoms with E-state index in [1.165, 1.54) is 30.9 Å². The highest BCUT2D eigenvalue weighted by atomic mass is 32.1. The van der Waals surface area contributed by atoms with E-state index in [0.29, 0.717) is 5.69 Å². The number of amides is 1. The Kier molecular flexibility index (Phi) is 11.6. The molecule has 0 aliphatic carbocycles. The van der Waals surface area contributed by atoms with Crippen molar-refractivity contribution in [2.45, 2.75) is 39.7 Å². The summed E-state index contributed by atoms with van der Waals surface area (Å²) in [7, 11) is 0. The minimum Gasteiger partial charge on any atom is -0.477 e. The molecule has 6 nitrogen and oxygen atoms in total. The minimum atomic E-state index is -1.04. The Morgan fingerprint density at radius 1 is 1.03 bits per heavy atom. The van der Waals surface area contributed by atoms with Crippen LogP contribution < -0.4 is 10.6 Å². The molecule has 7 heteroatoms. The molecule has 0 saturated heterocycles. The van der Waals surface area contributed by atoms with Gasteiger partial charge in [0.1, 0.15) is 4.88 Å². The third-order valence-electron chi connectivity index (χ3n) is 4.58. The molecule has 0 saturated carbocycles. The van der Waals surface area contributed by atoms with E-state index < -0.39 is 5.97 Å². The van der Waals surface area contributed by atoms with Gasteiger partial charge in [-0.15, -0.1) is 0 Å². The lowest BCUT2D eigenvalue weighted by Gasteiger charge is -2.03. The first-order valence-corrected chi connectivity index (χ1v) is 11.8. The van der Waals surface area contributed by atoms with Gasteiger partial charge in [-0.1, -0.05) is 91.8 Å². The second kappa shape index (κ2) is 14.7. The van der Waals surface area contributed by atoms with Crippen LogP contribution in [-0.2, 0) is 11.3 Å². The van der Waals surface area contributed by atoms with Crippen molar-refractivity contribution in [1.82, 2.24) is 10.3 Å². The number of aryl methyl sites for hydroxylation is 1. The number of rotatable bonds is 10. The van der Waals surface area contributed by atoms with Crippen molar-refractivity contribution < 1.29 is 14.7 Å². The number of carboxylic acids is 1. The Hall–Kier alpha value is -3.29. The van der Waals surface area contributed by atoms with E-state index in [4.69, 9.17) is 5.11 Å². The van der Waals surface area contributed by atoms with Crippen LogP contribution in [0, 0.1) is 6.92 Å². The number of benzene rings is 2. The van der Waals surface area contributed by atoms with Gasteiger partial charge in [0.25, 0.3) is 0 Å². The largest absolute Gasteiger partial charge is 0.477 e. The van der Waals surface area contributed by atoms with E-state index >= 15 is 0 Å². The molecule has 0 unspecified atom stereocenters. The molecule has 3 aromatic rings. The summed E-state index contributed by atoms with van der Waals surface area (Å²) in [4.78, 5) is 26.7. The van der Waals surface area contributed by atoms with Gasteiger partial charge in [0.15, 0.2) is 5.13 Å². The summed E-state index contributed by atoms with van der Waals surface area (Å²) >= 11 is 0.941. The van der Waals surface area contributed by atoms with Gasteiger partial charge in [0.05, 0.1) is 5.69 Å². The van der Waals surface area contributed by atoms with Crippen LogP contribution in [0.2, 0.25) is 0 Å². The standard InChI is InChI=1S/C14H12N2O3S.C12H19N/c1-9-12(13(18)19)20-14(15-9)16-11(17)8-7-10-5-3-2-4-6-10;1-2-3-7-10-13-11-12-8-5-4-6-9-12/h2-8H,1H3,(H,18,19)(H,15,16,17);4-6,8-9,13H,2-3,7,10-11H2,1H3. The second-order valence-electron chi connectivity index (χ2n) is 7.34. The molecule has 0 atom stereocenters. The number of carboxylic acid groups (broad SMARTS) is 1. The summed E-state index contributed by atoms with van der Waals surface area (Å²) in [6.45, 7) is 5.97. The number of anilines is 1. The SMILES string of the molecule is CCCCCNCc1ccccc1.Cc1nc(NC(=O)C=Cc2ccccc2)sc1C(=O)O. The number of carbonyl (C=O) groups excluding carboxylic acids is 1. The van der Waals surface area contributed by atoms with Gasteiger partial charge in [-0.2, -0.15) is 0 Å². The fourth-order valence-corrected chi connectivity index (χ4v) is 3.67. The fraction of sp³-hybridized carbons (Fsp3) is 0.269. The smallest absolute Gasteiger partial charge is 0.347 e. The Morgan fingerprint density at radius 2 is 1.70 bits per heavy atom. The summed E-state index contributed by atoms with van der Waals surface area (Å²) in [5, 5.41) is 15.2. The number of aromatic nitrogens is 1. The molecular weight excluding hydrogens is 434 g/mol. The molecule has 0 aliphatic heterocycles. The van der Waals surface area contributed by atoms with Crippen LogP contribution in [0.25, 0.3) is 6.08 Å². The number of nitrogens with one attached hydrogen (secondary N) is 2. The lowest BCUT2D eigenvalue weighted by Crippen LogP contribution is -2.14. The molecule has 3 rings (SSSR count). The molecule has 174 valence electrons. The molecule has 3 N–H and O–H groups in total. The van der Waals surface area contributed by atoms with Crippen molar-refractivity contribution in [3.63, 3.8) is 0 Å². The third-order valence-corrected chi connectivity index (χ3v) is 5.64. The first-order chi connectivity index (χ1) is 16.0. The first kappa shape index (κ1) is 26.0. The molecule has 1 aromatic heterocycles. The Balaban J connectivity index is 0.000000257. The van der Waals surface area contributed by atoms with Gasteiger partial charge in [0.2, 0.25) is 5.91 Å². The number of thiazole rings is 1. The summed E-state index contributed by atoms with van der Waals surface area (Å²) in [5.41, 5.74) is 2.67. The summed E-state index contributed by atoms with van der Waals surface area (Å²) < 4.78 is 0. The van der Waals surface area contributed by atoms with E-state index in [-0.39, 0.29) is 15.9 Å². The van der Waals surface area contributed by atoms with Crippen LogP contribution >= 0.6 is 11.3 Å². The van der Waals surface area contributed by atoms with Crippen molar-refractivity contribution in [2.75, 3.05) is 11.9 Å². The summed E-state index contributed by atoms with van der Waals surface area (Å²) in [6, 6.07) is 19.9. The average molecular weight is 466 g/mol. The highest BCUT2D eigenvalue weighted by molar-refractivity contribution is 7.17. The number of hydrogen-bond donors (Lipinski definition) is 3. The van der Waals surface area contributed by atoms with Crippen molar-refractivity contribution in [3.05, 3.63) is 88.4 Å². The fourth-order valence-electron chi connectivity index (χ4n) is 2.86. The molecule has 0 aliphatic rings. The van der Waals surface area contributed by atoms with Crippen LogP contribution in [0.3, 0.4) is 0 Å². The van der Waals surface area contributed by atoms with Gasteiger partial charge in [-0.25, -0.2) is 9.78 Å². The van der Waals surface area contributed by atoms with Crippen molar-refractivity contribution in [3.8, 4) is 0 Å². The van der Waals surface area contributed by atoms with Gasteiger partial charge >= 0.3 is 5.97 Å². The predicted octanol–water partition coefficient (Wildman–Crippen LogP) is 5.77. The van der Waals surface area contributed by atoms with E-state index in [0.717, 1.165) is 30.0 Å². The molecule has 33 heavy (non-hydrogen) atoms. The molecule has 0 spiro atoms. The third kappa shape index (κ3) is 10.2. The Bertz CT molecular complexity index is 1020. The van der Waals surface area contributed by atoms with Gasteiger partial charge < -0.3 is 10.4 Å². The molecule has 0 fully saturated rings. The lowest BCUT2D eigenvalue weighted by atomic mass is 10.2. The monoisotopic (exact) mass is 465 g/mol. The maximum atomic E-state index is 11.7. The van der Waals surface area contributed by atoms with Crippen LogP contribution in [0.1, 0.15) is 52.7 Å². The maximum Gasteiger partial charge on any atom is 0.347 e. The Morgan fingerprint density at radius 3 is 2.30 bits per heavy atom. The zero-order valence-corrected chi connectivity index (χ0v) is 19.9. The van der Waals surface area contributed by atoms with Gasteiger partial charge in [-0.3, -0.25) is 10.1 Å². The van der Waals surface area contributed by atoms with E-state index in [1.807, 2.05) is 30.3 Å². The number of hydrogen-bond acceptors (Lipinski definition) is 5. The van der Waals surface area contributed by atoms with Crippen LogP contribution in [0.4, 0.5) is 5.13 Å². The van der Waals surface area contributed by atoms with Crippen molar-refractivity contribution in [2.24, 2.45) is 0 Å². The molecule has 2 aromatic carbocycles. The quantitative estimate of drug-likeness (QED) is 0.261. The van der Waals surface area contributed by atoms with Crippen molar-refractivity contribution in [1.29, 1.82) is 0 Å². The number of nitrogens with zero attached hydrogens (tertiary/aromatic N) is 1. The van der Waals surface area contributed by atoms with Crippen LogP contribution in [0.5, 0.6) is 0 Å². The number of carbonyl (C=O) groups is 2. The zero-order valence-electron chi connectivity index (χ0n) is 19.1. The van der Waals surface area contributed by atoms with Gasteiger partial charge in [-0.05, 0) is 37.1 Å². The Labute approximate surface area is 199 Å². The second-order valence-corrected chi connectivity index (χ2v) is 8.34. The number of aromatic carboxylic acids is 1. The summed E-state index contributed by atoms with van der Waals surface area (Å²) in [6.07, 6.45) is 6.98. The van der Waals surface area contributed by atoms with Crippen LogP contribution in [-0.4, -0.2) is 28.5 Å². The van der Waals surface area contributed by atoms with E-state index in [1.54, 1.807) is 13.0 Å². The van der Waals surface area contributed by atoms with E-state index in [9.17, 15) is 9.59 Å². The molecular formula is C26H31N3O3S. The average Bonchev–Trinajstić information content (AvgIpc) is 3.19. The maximum absolute atomic E-state index is 11.7. The highest BCUT2D eigenvalue weighted by Crippen LogP contribution is 2.22. The number of unbranched alkanes of at least 4 members (excludes halogenated alkanes) is 2. The summed E-state index contributed by atoms with van der Waals surface area (Å²) in [5.74, 6) is -1.39. The molecule has 1 heterocycles. The molecule has 0 bridgehead atoms. The van der Waals surface area contributed by atoms with Crippen LogP contribution in [0.15, 0.2) is 66.7 Å². The molecule has 0 radical (unpaired) electrons. The lowest BCUT2D eigenvalue weighted by molar-refractivity contribution is -0.111. The van der Waals surface area contributed by atoms with E-state index in [2.05, 4.69) is 52.9 Å². The molecule has 1 amide bonds. The minimum absolute atomic E-state index is 0.132.